The summed E-state index contributed by atoms with van der Waals surface area (Å²) >= 11 is 0. The molecule has 162 valence electrons. The minimum atomic E-state index is -1.11. The smallest absolute Gasteiger partial charge is 0.352 e. The van der Waals surface area contributed by atoms with Crippen LogP contribution >= 0.6 is 0 Å². The molecule has 0 aliphatic carbocycles. The van der Waals surface area contributed by atoms with Gasteiger partial charge in [-0.2, -0.15) is 0 Å². The first-order valence-electron chi connectivity index (χ1n) is 10.4. The molecule has 1 saturated heterocycles. The number of aryl methyl sites for hydroxylation is 1. The standard InChI is InChI=1S/C23H26N4O4/c1-25-18-5-3-2-4-17(18)19(20(25)22(28)29)21(23(30)31)27-14-12-26(13-15-27)11-8-16-6-9-24-10-7-16/h2-7,9-10,21H,8,11-15H2,1H3,(H,28,29)(H,30,31). The van der Waals surface area contributed by atoms with Gasteiger partial charge in [-0.25, -0.2) is 4.79 Å². The average Bonchev–Trinajstić information content (AvgIpc) is 3.06. The van der Waals surface area contributed by atoms with E-state index in [1.807, 2.05) is 35.2 Å². The van der Waals surface area contributed by atoms with Crippen molar-refractivity contribution < 1.29 is 19.8 Å². The van der Waals surface area contributed by atoms with E-state index in [1.54, 1.807) is 30.1 Å². The van der Waals surface area contributed by atoms with E-state index in [2.05, 4.69) is 9.88 Å². The zero-order valence-electron chi connectivity index (χ0n) is 17.4. The first-order valence-corrected chi connectivity index (χ1v) is 10.4. The fourth-order valence-corrected chi connectivity index (χ4v) is 4.50. The van der Waals surface area contributed by atoms with Gasteiger partial charge in [0.1, 0.15) is 11.7 Å². The summed E-state index contributed by atoms with van der Waals surface area (Å²) in [6, 6.07) is 10.3. The lowest BCUT2D eigenvalue weighted by atomic mass is 10.00. The van der Waals surface area contributed by atoms with Crippen LogP contribution in [0.25, 0.3) is 10.9 Å². The molecule has 0 spiro atoms. The third kappa shape index (κ3) is 4.17. The Kier molecular flexibility index (Phi) is 6.01. The van der Waals surface area contributed by atoms with Crippen LogP contribution in [0.2, 0.25) is 0 Å². The first kappa shape index (κ1) is 21.0. The number of pyridine rings is 1. The van der Waals surface area contributed by atoms with E-state index in [-0.39, 0.29) is 5.69 Å². The number of rotatable bonds is 7. The number of fused-ring (bicyclic) bond motifs is 1. The number of piperazine rings is 1. The normalized spacial score (nSPS) is 16.4. The highest BCUT2D eigenvalue weighted by atomic mass is 16.4. The van der Waals surface area contributed by atoms with Gasteiger partial charge in [-0.3, -0.25) is 14.7 Å². The molecule has 2 aromatic heterocycles. The Morgan fingerprint density at radius 3 is 2.35 bits per heavy atom. The number of nitrogens with zero attached hydrogens (tertiary/aromatic N) is 4. The molecule has 1 atom stereocenters. The van der Waals surface area contributed by atoms with Crippen LogP contribution in [-0.4, -0.2) is 74.2 Å². The van der Waals surface area contributed by atoms with E-state index >= 15 is 0 Å². The molecule has 4 rings (SSSR count). The molecule has 1 aliphatic heterocycles. The van der Waals surface area contributed by atoms with Crippen molar-refractivity contribution in [3.63, 3.8) is 0 Å². The van der Waals surface area contributed by atoms with Crippen molar-refractivity contribution in [2.45, 2.75) is 12.5 Å². The monoisotopic (exact) mass is 422 g/mol. The van der Waals surface area contributed by atoms with Gasteiger partial charge < -0.3 is 19.7 Å². The van der Waals surface area contributed by atoms with E-state index in [0.717, 1.165) is 31.6 Å². The van der Waals surface area contributed by atoms with Crippen LogP contribution in [0.4, 0.5) is 0 Å². The van der Waals surface area contributed by atoms with Crippen molar-refractivity contribution >= 4 is 22.8 Å². The van der Waals surface area contributed by atoms with Gasteiger partial charge >= 0.3 is 11.9 Å². The summed E-state index contributed by atoms with van der Waals surface area (Å²) in [6.07, 6.45) is 4.49. The van der Waals surface area contributed by atoms with Gasteiger partial charge in [-0.05, 0) is 30.2 Å². The molecule has 0 saturated carbocycles. The lowest BCUT2D eigenvalue weighted by Crippen LogP contribution is -2.49. The number of para-hydroxylation sites is 1. The molecule has 1 fully saturated rings. The number of hydrogen-bond donors (Lipinski definition) is 2. The zero-order chi connectivity index (χ0) is 22.0. The average molecular weight is 422 g/mol. The predicted molar refractivity (Wildman–Crippen MR) is 116 cm³/mol. The highest BCUT2D eigenvalue weighted by molar-refractivity contribution is 6.01. The highest BCUT2D eigenvalue weighted by Crippen LogP contribution is 2.34. The van der Waals surface area contributed by atoms with Crippen molar-refractivity contribution in [2.24, 2.45) is 7.05 Å². The fraction of sp³-hybridized carbons (Fsp3) is 0.348. The Morgan fingerprint density at radius 2 is 1.71 bits per heavy atom. The Bertz CT molecular complexity index is 1090. The van der Waals surface area contributed by atoms with E-state index in [0.29, 0.717) is 24.0 Å². The van der Waals surface area contributed by atoms with Crippen molar-refractivity contribution in [3.8, 4) is 0 Å². The number of carbonyl (C=O) groups is 2. The Labute approximate surface area is 180 Å². The van der Waals surface area contributed by atoms with Gasteiger partial charge in [-0.15, -0.1) is 0 Å². The quantitative estimate of drug-likeness (QED) is 0.603. The number of hydrogen-bond acceptors (Lipinski definition) is 5. The largest absolute Gasteiger partial charge is 0.480 e. The maximum atomic E-state index is 12.4. The maximum absolute atomic E-state index is 12.4. The lowest BCUT2D eigenvalue weighted by Gasteiger charge is -2.38. The molecular weight excluding hydrogens is 396 g/mol. The number of carboxylic acids is 2. The molecule has 0 bridgehead atoms. The third-order valence-corrected chi connectivity index (χ3v) is 6.09. The number of aromatic carboxylic acids is 1. The second-order valence-electron chi connectivity index (χ2n) is 7.87. The second kappa shape index (κ2) is 8.87. The molecule has 31 heavy (non-hydrogen) atoms. The summed E-state index contributed by atoms with van der Waals surface area (Å²) in [5, 5.41) is 20.6. The molecule has 3 aromatic rings. The molecule has 1 aromatic carbocycles. The number of aromatic nitrogens is 2. The van der Waals surface area contributed by atoms with E-state index in [4.69, 9.17) is 0 Å². The first-order chi connectivity index (χ1) is 15.0. The summed E-state index contributed by atoms with van der Waals surface area (Å²) in [5.41, 5.74) is 2.34. The Hall–Kier alpha value is -3.23. The minimum Gasteiger partial charge on any atom is -0.480 e. The van der Waals surface area contributed by atoms with Crippen LogP contribution in [0.15, 0.2) is 48.8 Å². The van der Waals surface area contributed by atoms with Crippen LogP contribution < -0.4 is 0 Å². The summed E-state index contributed by atoms with van der Waals surface area (Å²) in [4.78, 5) is 32.6. The Morgan fingerprint density at radius 1 is 1.03 bits per heavy atom. The van der Waals surface area contributed by atoms with Gasteiger partial charge in [0, 0.05) is 68.6 Å². The van der Waals surface area contributed by atoms with Crippen molar-refractivity contribution in [2.75, 3.05) is 32.7 Å². The maximum Gasteiger partial charge on any atom is 0.352 e. The van der Waals surface area contributed by atoms with Crippen LogP contribution in [-0.2, 0) is 18.3 Å². The molecule has 8 nitrogen and oxygen atoms in total. The van der Waals surface area contributed by atoms with Gasteiger partial charge in [0.05, 0.1) is 0 Å². The molecule has 1 unspecified atom stereocenters. The van der Waals surface area contributed by atoms with E-state index < -0.39 is 18.0 Å². The predicted octanol–water partition coefficient (Wildman–Crippen LogP) is 2.26. The van der Waals surface area contributed by atoms with Crippen LogP contribution in [0.1, 0.15) is 27.7 Å². The Balaban J connectivity index is 1.55. The van der Waals surface area contributed by atoms with Crippen molar-refractivity contribution in [3.05, 3.63) is 65.6 Å². The number of aliphatic carboxylic acids is 1. The molecule has 0 amide bonds. The van der Waals surface area contributed by atoms with Crippen LogP contribution in [0, 0.1) is 0 Å². The molecule has 2 N–H and O–H groups in total. The van der Waals surface area contributed by atoms with Crippen LogP contribution in [0.5, 0.6) is 0 Å². The summed E-state index contributed by atoms with van der Waals surface area (Å²) < 4.78 is 1.58. The molecular formula is C23H26N4O4. The zero-order valence-corrected chi connectivity index (χ0v) is 17.4. The minimum absolute atomic E-state index is 0.0358. The highest BCUT2D eigenvalue weighted by Gasteiger charge is 2.36. The molecule has 3 heterocycles. The van der Waals surface area contributed by atoms with Gasteiger partial charge in [0.25, 0.3) is 0 Å². The summed E-state index contributed by atoms with van der Waals surface area (Å²) in [6.45, 7) is 3.50. The van der Waals surface area contributed by atoms with E-state index in [9.17, 15) is 19.8 Å². The second-order valence-corrected chi connectivity index (χ2v) is 7.87. The van der Waals surface area contributed by atoms with Gasteiger partial charge in [0.2, 0.25) is 0 Å². The molecule has 1 aliphatic rings. The van der Waals surface area contributed by atoms with Gasteiger partial charge in [0.15, 0.2) is 0 Å². The topological polar surface area (TPSA) is 98.9 Å². The SMILES string of the molecule is Cn1c(C(=O)O)c(C(C(=O)O)N2CCN(CCc3ccncc3)CC2)c2ccccc21. The summed E-state index contributed by atoms with van der Waals surface area (Å²) in [7, 11) is 1.67. The fourth-order valence-electron chi connectivity index (χ4n) is 4.50. The number of benzene rings is 1. The molecule has 8 heteroatoms. The van der Waals surface area contributed by atoms with Crippen LogP contribution in [0.3, 0.4) is 0 Å². The van der Waals surface area contributed by atoms with Crippen molar-refractivity contribution in [1.82, 2.24) is 19.4 Å². The summed E-state index contributed by atoms with van der Waals surface area (Å²) in [5.74, 6) is -2.14. The number of carboxylic acid groups (broad SMARTS) is 2. The lowest BCUT2D eigenvalue weighted by molar-refractivity contribution is -0.144. The van der Waals surface area contributed by atoms with Gasteiger partial charge in [-0.1, -0.05) is 18.2 Å². The van der Waals surface area contributed by atoms with Crippen molar-refractivity contribution in [1.29, 1.82) is 0 Å². The third-order valence-electron chi connectivity index (χ3n) is 6.09. The molecule has 0 radical (unpaired) electrons. The van der Waals surface area contributed by atoms with E-state index in [1.165, 1.54) is 5.56 Å².